The molecular weight excluding hydrogens is 272 g/mol. The third-order valence-corrected chi connectivity index (χ3v) is 2.30. The molecule has 0 aliphatic heterocycles. The molecule has 0 atom stereocenters. The topological polar surface area (TPSA) is 102 Å². The quantitative estimate of drug-likeness (QED) is 0.485. The lowest BCUT2D eigenvalue weighted by molar-refractivity contribution is -0.386. The molecule has 0 N–H and O–H groups in total. The Morgan fingerprint density at radius 2 is 2.16 bits per heavy atom. The van der Waals surface area contributed by atoms with Crippen LogP contribution >= 0.6 is 11.6 Å². The molecule has 2 aromatic rings. The SMILES string of the molecule is N#Cc1ccccc1Oc1nc(Cl)ncc1[N+](=O)[O-]. The number of rotatable bonds is 3. The molecule has 8 heteroatoms. The van der Waals surface area contributed by atoms with Crippen LogP contribution in [0.3, 0.4) is 0 Å². The van der Waals surface area contributed by atoms with Crippen molar-refractivity contribution in [1.29, 1.82) is 5.26 Å². The zero-order valence-corrected chi connectivity index (χ0v) is 10.0. The lowest BCUT2D eigenvalue weighted by atomic mass is 10.2. The van der Waals surface area contributed by atoms with E-state index in [9.17, 15) is 10.1 Å². The van der Waals surface area contributed by atoms with Crippen molar-refractivity contribution in [3.05, 3.63) is 51.4 Å². The number of para-hydroxylation sites is 1. The van der Waals surface area contributed by atoms with Crippen molar-refractivity contribution in [1.82, 2.24) is 9.97 Å². The molecule has 0 aliphatic rings. The predicted molar refractivity (Wildman–Crippen MR) is 64.9 cm³/mol. The van der Waals surface area contributed by atoms with Gasteiger partial charge in [0.2, 0.25) is 5.28 Å². The number of hydrogen-bond acceptors (Lipinski definition) is 6. The van der Waals surface area contributed by atoms with E-state index in [0.717, 1.165) is 6.20 Å². The van der Waals surface area contributed by atoms with Crippen LogP contribution in [-0.2, 0) is 0 Å². The highest BCUT2D eigenvalue weighted by Gasteiger charge is 2.20. The van der Waals surface area contributed by atoms with Crippen molar-refractivity contribution in [3.8, 4) is 17.7 Å². The zero-order valence-electron chi connectivity index (χ0n) is 9.28. The van der Waals surface area contributed by atoms with Crippen LogP contribution in [0.1, 0.15) is 5.56 Å². The minimum atomic E-state index is -0.694. The van der Waals surface area contributed by atoms with E-state index < -0.39 is 10.6 Å². The largest absolute Gasteiger partial charge is 0.432 e. The normalized spacial score (nSPS) is 9.68. The van der Waals surface area contributed by atoms with E-state index in [4.69, 9.17) is 21.6 Å². The Bertz CT molecular complexity index is 684. The van der Waals surface area contributed by atoms with Gasteiger partial charge in [0.05, 0.1) is 10.5 Å². The number of nitriles is 1. The van der Waals surface area contributed by atoms with Crippen LogP contribution in [0, 0.1) is 21.4 Å². The first-order valence-electron chi connectivity index (χ1n) is 4.95. The van der Waals surface area contributed by atoms with Gasteiger partial charge >= 0.3 is 11.6 Å². The van der Waals surface area contributed by atoms with Gasteiger partial charge in [-0.3, -0.25) is 10.1 Å². The van der Waals surface area contributed by atoms with Crippen molar-refractivity contribution < 1.29 is 9.66 Å². The Kier molecular flexibility index (Phi) is 3.54. The van der Waals surface area contributed by atoms with Gasteiger partial charge in [-0.15, -0.1) is 0 Å². The molecule has 0 saturated heterocycles. The van der Waals surface area contributed by atoms with E-state index in [0.29, 0.717) is 0 Å². The fourth-order valence-electron chi connectivity index (χ4n) is 1.29. The first-order valence-corrected chi connectivity index (χ1v) is 5.33. The van der Waals surface area contributed by atoms with Gasteiger partial charge in [0, 0.05) is 0 Å². The number of benzene rings is 1. The van der Waals surface area contributed by atoms with Gasteiger partial charge in [-0.2, -0.15) is 10.2 Å². The van der Waals surface area contributed by atoms with Gasteiger partial charge in [-0.05, 0) is 23.7 Å². The van der Waals surface area contributed by atoms with Crippen LogP contribution < -0.4 is 4.74 Å². The van der Waals surface area contributed by atoms with Crippen LogP contribution in [0.5, 0.6) is 11.6 Å². The number of ether oxygens (including phenoxy) is 1. The van der Waals surface area contributed by atoms with Crippen LogP contribution in [0.15, 0.2) is 30.5 Å². The van der Waals surface area contributed by atoms with E-state index >= 15 is 0 Å². The highest BCUT2D eigenvalue weighted by molar-refractivity contribution is 6.28. The van der Waals surface area contributed by atoms with Crippen molar-refractivity contribution in [3.63, 3.8) is 0 Å². The van der Waals surface area contributed by atoms with E-state index in [2.05, 4.69) is 9.97 Å². The molecule has 0 unspecified atom stereocenters. The molecule has 19 heavy (non-hydrogen) atoms. The summed E-state index contributed by atoms with van der Waals surface area (Å²) in [6.07, 6.45) is 0.944. The minimum absolute atomic E-state index is 0.155. The highest BCUT2D eigenvalue weighted by Crippen LogP contribution is 2.30. The summed E-state index contributed by atoms with van der Waals surface area (Å²) in [7, 11) is 0. The Morgan fingerprint density at radius 1 is 1.42 bits per heavy atom. The Balaban J connectivity index is 2.46. The molecule has 1 heterocycles. The second kappa shape index (κ2) is 5.29. The molecule has 1 aromatic heterocycles. The van der Waals surface area contributed by atoms with Gasteiger partial charge in [0.25, 0.3) is 0 Å². The maximum Gasteiger partial charge on any atom is 0.349 e. The molecule has 0 aliphatic carbocycles. The summed E-state index contributed by atoms with van der Waals surface area (Å²) in [5, 5.41) is 19.5. The minimum Gasteiger partial charge on any atom is -0.432 e. The van der Waals surface area contributed by atoms with Crippen LogP contribution in [0.4, 0.5) is 5.69 Å². The monoisotopic (exact) mass is 276 g/mol. The fraction of sp³-hybridized carbons (Fsp3) is 0. The molecule has 0 spiro atoms. The van der Waals surface area contributed by atoms with Crippen molar-refractivity contribution >= 4 is 17.3 Å². The van der Waals surface area contributed by atoms with Gasteiger partial charge in [-0.25, -0.2) is 4.98 Å². The molecule has 0 bridgehead atoms. The lowest BCUT2D eigenvalue weighted by Gasteiger charge is -2.06. The van der Waals surface area contributed by atoms with Crippen molar-refractivity contribution in [2.45, 2.75) is 0 Å². The summed E-state index contributed by atoms with van der Waals surface area (Å²) in [6, 6.07) is 8.20. The second-order valence-electron chi connectivity index (χ2n) is 3.30. The Morgan fingerprint density at radius 3 is 2.84 bits per heavy atom. The van der Waals surface area contributed by atoms with Crippen LogP contribution in [0.25, 0.3) is 0 Å². The smallest absolute Gasteiger partial charge is 0.349 e. The van der Waals surface area contributed by atoms with Gasteiger partial charge in [0.15, 0.2) is 0 Å². The van der Waals surface area contributed by atoms with Crippen LogP contribution in [0.2, 0.25) is 5.28 Å². The molecule has 0 saturated carbocycles. The molecule has 7 nitrogen and oxygen atoms in total. The van der Waals surface area contributed by atoms with Crippen molar-refractivity contribution in [2.24, 2.45) is 0 Å². The van der Waals surface area contributed by atoms with Crippen LogP contribution in [-0.4, -0.2) is 14.9 Å². The summed E-state index contributed by atoms with van der Waals surface area (Å²) < 4.78 is 5.27. The molecular formula is C11H5ClN4O3. The first kappa shape index (κ1) is 12.7. The lowest BCUT2D eigenvalue weighted by Crippen LogP contribution is -1.98. The Hall–Kier alpha value is -2.72. The molecule has 0 radical (unpaired) electrons. The molecule has 0 fully saturated rings. The summed E-state index contributed by atoms with van der Waals surface area (Å²) in [6.45, 7) is 0. The average Bonchev–Trinajstić information content (AvgIpc) is 2.39. The standard InChI is InChI=1S/C11H5ClN4O3/c12-11-14-6-8(16(17)18)10(15-11)19-9-4-2-1-3-7(9)5-13/h1-4,6H. The van der Waals surface area contributed by atoms with E-state index in [1.807, 2.05) is 6.07 Å². The summed E-state index contributed by atoms with van der Waals surface area (Å²) in [5.41, 5.74) is -0.205. The average molecular weight is 277 g/mol. The molecule has 2 rings (SSSR count). The summed E-state index contributed by atoms with van der Waals surface area (Å²) in [4.78, 5) is 17.3. The number of aromatic nitrogens is 2. The van der Waals surface area contributed by atoms with Gasteiger partial charge in [0.1, 0.15) is 18.0 Å². The second-order valence-corrected chi connectivity index (χ2v) is 3.63. The first-order chi connectivity index (χ1) is 9.11. The number of hydrogen-bond donors (Lipinski definition) is 0. The number of halogens is 1. The maximum atomic E-state index is 10.8. The summed E-state index contributed by atoms with van der Waals surface area (Å²) >= 11 is 5.57. The highest BCUT2D eigenvalue weighted by atomic mass is 35.5. The van der Waals surface area contributed by atoms with Gasteiger partial charge < -0.3 is 4.74 Å². The number of nitrogens with zero attached hydrogens (tertiary/aromatic N) is 4. The van der Waals surface area contributed by atoms with E-state index in [-0.39, 0.29) is 22.5 Å². The molecule has 0 amide bonds. The Labute approximate surface area is 112 Å². The predicted octanol–water partition coefficient (Wildman–Crippen LogP) is 2.70. The third kappa shape index (κ3) is 2.75. The maximum absolute atomic E-state index is 10.8. The summed E-state index contributed by atoms with van der Waals surface area (Å²) in [5.74, 6) is -0.157. The van der Waals surface area contributed by atoms with Gasteiger partial charge in [-0.1, -0.05) is 12.1 Å². The van der Waals surface area contributed by atoms with E-state index in [1.165, 1.54) is 12.1 Å². The van der Waals surface area contributed by atoms with Crippen molar-refractivity contribution in [2.75, 3.05) is 0 Å². The number of nitro groups is 1. The molecule has 1 aromatic carbocycles. The molecule has 94 valence electrons. The zero-order chi connectivity index (χ0) is 13.8. The fourth-order valence-corrected chi connectivity index (χ4v) is 1.42. The third-order valence-electron chi connectivity index (χ3n) is 2.12. The van der Waals surface area contributed by atoms with E-state index in [1.54, 1.807) is 12.1 Å².